The van der Waals surface area contributed by atoms with E-state index in [1.165, 1.54) is 7.11 Å². The molecule has 0 radical (unpaired) electrons. The van der Waals surface area contributed by atoms with E-state index in [9.17, 15) is 9.59 Å². The van der Waals surface area contributed by atoms with Gasteiger partial charge in [-0.2, -0.15) is 0 Å². The zero-order valence-corrected chi connectivity index (χ0v) is 11.4. The van der Waals surface area contributed by atoms with Crippen LogP contribution in [0.25, 0.3) is 0 Å². The van der Waals surface area contributed by atoms with Crippen LogP contribution in [0.15, 0.2) is 0 Å². The molecule has 1 heterocycles. The monoisotopic (exact) mass is 257 g/mol. The van der Waals surface area contributed by atoms with Gasteiger partial charge in [-0.1, -0.05) is 0 Å². The summed E-state index contributed by atoms with van der Waals surface area (Å²) in [5, 5.41) is 2.87. The molecule has 1 N–H and O–H groups in total. The van der Waals surface area contributed by atoms with E-state index in [1.54, 1.807) is 0 Å². The Hall–Kier alpha value is -1.14. The number of rotatable bonds is 5. The van der Waals surface area contributed by atoms with Crippen molar-refractivity contribution < 1.29 is 14.3 Å². The van der Waals surface area contributed by atoms with Crippen molar-refractivity contribution in [2.75, 3.05) is 46.4 Å². The summed E-state index contributed by atoms with van der Waals surface area (Å²) >= 11 is 0. The second kappa shape index (κ2) is 7.33. The van der Waals surface area contributed by atoms with Crippen LogP contribution in [-0.2, 0) is 14.3 Å². The van der Waals surface area contributed by atoms with Crippen LogP contribution < -0.4 is 5.32 Å². The molecule has 0 aliphatic carbocycles. The molecule has 6 heteroatoms. The maximum absolute atomic E-state index is 11.6. The molecule has 0 spiro atoms. The Balaban J connectivity index is 2.23. The van der Waals surface area contributed by atoms with Gasteiger partial charge in [0.1, 0.15) is 0 Å². The maximum atomic E-state index is 11.6. The number of nitrogens with one attached hydrogen (secondary N) is 1. The topological polar surface area (TPSA) is 61.9 Å². The minimum atomic E-state index is -0.207. The van der Waals surface area contributed by atoms with Crippen LogP contribution in [0.2, 0.25) is 0 Å². The van der Waals surface area contributed by atoms with Crippen LogP contribution >= 0.6 is 0 Å². The number of methoxy groups -OCH3 is 1. The fourth-order valence-electron chi connectivity index (χ4n) is 1.92. The molecule has 1 aliphatic heterocycles. The van der Waals surface area contributed by atoms with Crippen molar-refractivity contribution in [2.45, 2.75) is 19.9 Å². The van der Waals surface area contributed by atoms with Gasteiger partial charge in [0.15, 0.2) is 0 Å². The molecular formula is C12H23N3O3. The summed E-state index contributed by atoms with van der Waals surface area (Å²) in [6, 6.07) is 0.179. The highest BCUT2D eigenvalue weighted by Crippen LogP contribution is 2.01. The van der Waals surface area contributed by atoms with Crippen molar-refractivity contribution in [3.05, 3.63) is 0 Å². The third kappa shape index (κ3) is 5.46. The Morgan fingerprint density at radius 2 is 1.61 bits per heavy atom. The fourth-order valence-corrected chi connectivity index (χ4v) is 1.92. The van der Waals surface area contributed by atoms with Crippen molar-refractivity contribution in [1.29, 1.82) is 0 Å². The van der Waals surface area contributed by atoms with Gasteiger partial charge in [-0.05, 0) is 13.8 Å². The van der Waals surface area contributed by atoms with Gasteiger partial charge in [0.05, 0.1) is 20.2 Å². The van der Waals surface area contributed by atoms with Crippen LogP contribution in [0.4, 0.5) is 0 Å². The van der Waals surface area contributed by atoms with Gasteiger partial charge in [0, 0.05) is 32.2 Å². The number of carbonyl (C=O) groups is 2. The second-order valence-electron chi connectivity index (χ2n) is 4.85. The van der Waals surface area contributed by atoms with E-state index < -0.39 is 0 Å². The first-order chi connectivity index (χ1) is 8.51. The van der Waals surface area contributed by atoms with Gasteiger partial charge in [0.25, 0.3) is 0 Å². The molecule has 1 fully saturated rings. The van der Waals surface area contributed by atoms with E-state index in [0.29, 0.717) is 13.1 Å². The molecule has 0 saturated carbocycles. The molecule has 0 unspecified atom stereocenters. The van der Waals surface area contributed by atoms with Crippen molar-refractivity contribution >= 4 is 11.9 Å². The number of amides is 1. The fraction of sp³-hybridized carbons (Fsp3) is 0.833. The minimum absolute atomic E-state index is 0.0615. The second-order valence-corrected chi connectivity index (χ2v) is 4.85. The summed E-state index contributed by atoms with van der Waals surface area (Å²) < 4.78 is 4.63. The van der Waals surface area contributed by atoms with Crippen LogP contribution in [-0.4, -0.2) is 74.1 Å². The molecule has 0 aromatic rings. The first-order valence-corrected chi connectivity index (χ1v) is 6.32. The van der Waals surface area contributed by atoms with Gasteiger partial charge in [-0.25, -0.2) is 0 Å². The smallest absolute Gasteiger partial charge is 0.319 e. The number of hydrogen-bond acceptors (Lipinski definition) is 5. The van der Waals surface area contributed by atoms with E-state index in [4.69, 9.17) is 0 Å². The average molecular weight is 257 g/mol. The lowest BCUT2D eigenvalue weighted by atomic mass is 10.3. The normalized spacial score (nSPS) is 17.8. The molecule has 0 atom stereocenters. The van der Waals surface area contributed by atoms with Crippen LogP contribution in [0.5, 0.6) is 0 Å². The summed E-state index contributed by atoms with van der Waals surface area (Å²) in [4.78, 5) is 26.9. The van der Waals surface area contributed by atoms with Gasteiger partial charge in [-0.15, -0.1) is 0 Å². The number of piperazine rings is 1. The Morgan fingerprint density at radius 1 is 1.11 bits per heavy atom. The first kappa shape index (κ1) is 14.9. The van der Waals surface area contributed by atoms with Gasteiger partial charge in [-0.3, -0.25) is 19.4 Å². The maximum Gasteiger partial charge on any atom is 0.319 e. The lowest BCUT2D eigenvalue weighted by Gasteiger charge is -2.33. The zero-order valence-electron chi connectivity index (χ0n) is 11.4. The minimum Gasteiger partial charge on any atom is -0.468 e. The standard InChI is InChI=1S/C12H23N3O3/c1-10(2)13-11(16)8-14-4-6-15(7-5-14)9-12(17)18-3/h10H,4-9H2,1-3H3,(H,13,16). The third-order valence-corrected chi connectivity index (χ3v) is 2.86. The average Bonchev–Trinajstić information content (AvgIpc) is 2.30. The Labute approximate surface area is 108 Å². The van der Waals surface area contributed by atoms with E-state index in [0.717, 1.165) is 26.2 Å². The Bertz CT molecular complexity index is 286. The summed E-state index contributed by atoms with van der Waals surface area (Å²) in [5.41, 5.74) is 0. The molecule has 1 amide bonds. The van der Waals surface area contributed by atoms with Crippen LogP contribution in [0.1, 0.15) is 13.8 Å². The van der Waals surface area contributed by atoms with Crippen molar-refractivity contribution in [1.82, 2.24) is 15.1 Å². The quantitative estimate of drug-likeness (QED) is 0.660. The van der Waals surface area contributed by atoms with Crippen molar-refractivity contribution in [3.8, 4) is 0 Å². The van der Waals surface area contributed by atoms with E-state index in [2.05, 4.69) is 15.0 Å². The number of ether oxygens (including phenoxy) is 1. The molecule has 18 heavy (non-hydrogen) atoms. The Kier molecular flexibility index (Phi) is 6.07. The molecule has 1 aliphatic rings. The summed E-state index contributed by atoms with van der Waals surface area (Å²) in [5.74, 6) is -0.146. The number of esters is 1. The largest absolute Gasteiger partial charge is 0.468 e. The molecule has 1 saturated heterocycles. The van der Waals surface area contributed by atoms with Crippen LogP contribution in [0, 0.1) is 0 Å². The molecule has 0 bridgehead atoms. The summed E-state index contributed by atoms with van der Waals surface area (Å²) in [6.45, 7) is 7.88. The SMILES string of the molecule is COC(=O)CN1CCN(CC(=O)NC(C)C)CC1. The summed E-state index contributed by atoms with van der Waals surface area (Å²) in [6.07, 6.45) is 0. The lowest BCUT2D eigenvalue weighted by molar-refractivity contribution is -0.142. The highest BCUT2D eigenvalue weighted by atomic mass is 16.5. The number of nitrogens with zero attached hydrogens (tertiary/aromatic N) is 2. The van der Waals surface area contributed by atoms with Crippen LogP contribution in [0.3, 0.4) is 0 Å². The molecule has 6 nitrogen and oxygen atoms in total. The van der Waals surface area contributed by atoms with E-state index >= 15 is 0 Å². The molecular weight excluding hydrogens is 234 g/mol. The van der Waals surface area contributed by atoms with Crippen molar-refractivity contribution in [2.24, 2.45) is 0 Å². The van der Waals surface area contributed by atoms with E-state index in [-0.39, 0.29) is 17.9 Å². The Morgan fingerprint density at radius 3 is 2.06 bits per heavy atom. The third-order valence-electron chi connectivity index (χ3n) is 2.86. The predicted octanol–water partition coefficient (Wildman–Crippen LogP) is -0.698. The predicted molar refractivity (Wildman–Crippen MR) is 68.2 cm³/mol. The van der Waals surface area contributed by atoms with Gasteiger partial charge >= 0.3 is 5.97 Å². The molecule has 1 rings (SSSR count). The zero-order chi connectivity index (χ0) is 13.5. The van der Waals surface area contributed by atoms with E-state index in [1.807, 2.05) is 18.7 Å². The lowest BCUT2D eigenvalue weighted by Crippen LogP contribution is -2.51. The molecule has 104 valence electrons. The first-order valence-electron chi connectivity index (χ1n) is 6.32. The van der Waals surface area contributed by atoms with Gasteiger partial charge in [0.2, 0.25) is 5.91 Å². The van der Waals surface area contributed by atoms with Gasteiger partial charge < -0.3 is 10.1 Å². The highest BCUT2D eigenvalue weighted by Gasteiger charge is 2.20. The molecule has 0 aromatic heterocycles. The summed E-state index contributed by atoms with van der Waals surface area (Å²) in [7, 11) is 1.40. The highest BCUT2D eigenvalue weighted by molar-refractivity contribution is 5.78. The number of hydrogen-bond donors (Lipinski definition) is 1. The molecule has 0 aromatic carbocycles. The van der Waals surface area contributed by atoms with Crippen molar-refractivity contribution in [3.63, 3.8) is 0 Å². The number of carbonyl (C=O) groups excluding carboxylic acids is 2.